The van der Waals surface area contributed by atoms with Crippen molar-refractivity contribution in [1.29, 1.82) is 0 Å². The molecule has 3 rings (SSSR count). The van der Waals surface area contributed by atoms with E-state index in [-0.39, 0.29) is 12.6 Å². The molecule has 2 N–H and O–H groups in total. The maximum atomic E-state index is 13.0. The monoisotopic (exact) mass is 430 g/mol. The largest absolute Gasteiger partial charge is 0.480 e. The second kappa shape index (κ2) is 9.40. The van der Waals surface area contributed by atoms with Crippen molar-refractivity contribution in [2.24, 2.45) is 0 Å². The highest BCUT2D eigenvalue weighted by Gasteiger charge is 2.23. The molecule has 0 aliphatic heterocycles. The molecule has 5 nitrogen and oxygen atoms in total. The van der Waals surface area contributed by atoms with Crippen molar-refractivity contribution in [3.63, 3.8) is 0 Å². The average Bonchev–Trinajstić information content (AvgIpc) is 2.94. The topological polar surface area (TPSA) is 71.3 Å². The van der Waals surface area contributed by atoms with Crippen molar-refractivity contribution in [2.45, 2.75) is 83.2 Å². The Morgan fingerprint density at radius 1 is 1.27 bits per heavy atom. The van der Waals surface area contributed by atoms with E-state index in [1.54, 1.807) is 0 Å². The van der Waals surface area contributed by atoms with Crippen LogP contribution >= 0.6 is 0 Å². The lowest BCUT2D eigenvalue weighted by Gasteiger charge is -2.18. The molecule has 1 heterocycles. The highest BCUT2D eigenvalue weighted by atomic mass is 32.2. The second-order valence-electron chi connectivity index (χ2n) is 8.48. The van der Waals surface area contributed by atoms with Gasteiger partial charge in [0.2, 0.25) is 0 Å². The zero-order chi connectivity index (χ0) is 21.9. The van der Waals surface area contributed by atoms with Crippen LogP contribution in [0.2, 0.25) is 0 Å². The molecule has 2 atom stereocenters. The summed E-state index contributed by atoms with van der Waals surface area (Å²) in [5.41, 5.74) is 5.98. The molecule has 0 saturated carbocycles. The van der Waals surface area contributed by atoms with Crippen molar-refractivity contribution in [1.82, 2.24) is 9.29 Å². The van der Waals surface area contributed by atoms with Gasteiger partial charge in [0, 0.05) is 22.3 Å². The summed E-state index contributed by atoms with van der Waals surface area (Å²) >= 11 is 0. The molecule has 30 heavy (non-hydrogen) atoms. The molecule has 2 aromatic rings. The number of rotatable bonds is 9. The first kappa shape index (κ1) is 22.6. The standard InChI is InChI=1S/C24H34N2O3S/c1-5-8-17(2)25-30(4,29)20-13-11-19(12-14-20)15-22-18(3)26(16-24(27)28)23-10-7-6-9-21(22)23/h11-14,17H,4-10,15-16H2,1-3H3,(H,25,29)(H,27,28). The van der Waals surface area contributed by atoms with Crippen LogP contribution in [0.4, 0.5) is 0 Å². The van der Waals surface area contributed by atoms with Crippen LogP contribution in [0, 0.1) is 6.92 Å². The minimum Gasteiger partial charge on any atom is -0.480 e. The summed E-state index contributed by atoms with van der Waals surface area (Å²) in [7, 11) is -2.52. The van der Waals surface area contributed by atoms with Gasteiger partial charge in [0.05, 0.1) is 9.71 Å². The van der Waals surface area contributed by atoms with Crippen LogP contribution in [0.3, 0.4) is 0 Å². The van der Waals surface area contributed by atoms with Gasteiger partial charge in [-0.25, -0.2) is 8.93 Å². The molecule has 0 amide bonds. The lowest BCUT2D eigenvalue weighted by Crippen LogP contribution is -2.32. The van der Waals surface area contributed by atoms with Crippen molar-refractivity contribution in [3.05, 3.63) is 52.3 Å². The molecule has 164 valence electrons. The lowest BCUT2D eigenvalue weighted by atomic mass is 9.92. The normalized spacial score (nSPS) is 16.6. The number of nitrogens with one attached hydrogen (secondary N) is 1. The molecule has 1 aliphatic rings. The van der Waals surface area contributed by atoms with Gasteiger partial charge in [-0.3, -0.25) is 4.79 Å². The van der Waals surface area contributed by atoms with Gasteiger partial charge >= 0.3 is 5.97 Å². The number of benzene rings is 1. The van der Waals surface area contributed by atoms with Gasteiger partial charge in [-0.2, -0.15) is 0 Å². The Bertz CT molecular complexity index is 1000. The highest BCUT2D eigenvalue weighted by molar-refractivity contribution is 7.98. The summed E-state index contributed by atoms with van der Waals surface area (Å²) in [5.74, 6) is 3.14. The van der Waals surface area contributed by atoms with Gasteiger partial charge in [-0.15, -0.1) is 0 Å². The summed E-state index contributed by atoms with van der Waals surface area (Å²) in [6.07, 6.45) is 7.00. The number of carboxylic acid groups (broad SMARTS) is 1. The van der Waals surface area contributed by atoms with E-state index < -0.39 is 15.7 Å². The quantitative estimate of drug-likeness (QED) is 0.588. The molecule has 0 bridgehead atoms. The van der Waals surface area contributed by atoms with E-state index in [9.17, 15) is 14.1 Å². The van der Waals surface area contributed by atoms with E-state index in [2.05, 4.69) is 17.5 Å². The van der Waals surface area contributed by atoms with Crippen LogP contribution in [-0.4, -0.2) is 31.8 Å². The summed E-state index contributed by atoms with van der Waals surface area (Å²) in [6, 6.07) is 8.02. The van der Waals surface area contributed by atoms with E-state index in [1.165, 1.54) is 16.8 Å². The zero-order valence-corrected chi connectivity index (χ0v) is 19.2. The number of aliphatic carboxylic acids is 1. The minimum atomic E-state index is -2.52. The Balaban J connectivity index is 1.84. The summed E-state index contributed by atoms with van der Waals surface area (Å²) in [5, 5.41) is 9.33. The molecule has 0 radical (unpaired) electrons. The Morgan fingerprint density at radius 2 is 1.93 bits per heavy atom. The van der Waals surface area contributed by atoms with Crippen LogP contribution in [0.25, 0.3) is 0 Å². The lowest BCUT2D eigenvalue weighted by molar-refractivity contribution is -0.137. The number of carbonyl (C=O) groups is 1. The van der Waals surface area contributed by atoms with Gasteiger partial charge in [0.25, 0.3) is 0 Å². The number of nitrogens with zero attached hydrogens (tertiary/aromatic N) is 1. The highest BCUT2D eigenvalue weighted by Crippen LogP contribution is 2.31. The Labute approximate surface area is 180 Å². The number of hydrogen-bond donors (Lipinski definition) is 2. The van der Waals surface area contributed by atoms with Gasteiger partial charge in [-0.05, 0) is 87.1 Å². The van der Waals surface area contributed by atoms with Gasteiger partial charge in [0.15, 0.2) is 0 Å². The maximum absolute atomic E-state index is 13.0. The van der Waals surface area contributed by atoms with Crippen LogP contribution < -0.4 is 4.72 Å². The molecule has 0 saturated heterocycles. The number of fused-ring (bicyclic) bond motifs is 1. The van der Waals surface area contributed by atoms with Crippen LogP contribution in [-0.2, 0) is 40.3 Å². The van der Waals surface area contributed by atoms with Gasteiger partial charge in [0.1, 0.15) is 6.54 Å². The Hall–Kier alpha value is -2.05. The molecule has 0 spiro atoms. The van der Waals surface area contributed by atoms with Crippen LogP contribution in [0.15, 0.2) is 29.2 Å². The average molecular weight is 431 g/mol. The first-order chi connectivity index (χ1) is 14.2. The fourth-order valence-corrected chi connectivity index (χ4v) is 6.08. The maximum Gasteiger partial charge on any atom is 0.323 e. The first-order valence-corrected chi connectivity index (χ1v) is 12.6. The summed E-state index contributed by atoms with van der Waals surface area (Å²) in [6.45, 7) is 6.21. The molecule has 6 heteroatoms. The number of hydrogen-bond acceptors (Lipinski definition) is 2. The predicted octanol–water partition coefficient (Wildman–Crippen LogP) is 4.12. The first-order valence-electron chi connectivity index (χ1n) is 10.9. The Kier molecular flexibility index (Phi) is 7.09. The van der Waals surface area contributed by atoms with Crippen molar-refractivity contribution in [3.8, 4) is 0 Å². The smallest absolute Gasteiger partial charge is 0.323 e. The third-order valence-electron chi connectivity index (χ3n) is 6.06. The van der Waals surface area contributed by atoms with Gasteiger partial charge in [-0.1, -0.05) is 25.5 Å². The van der Waals surface area contributed by atoms with E-state index >= 15 is 0 Å². The summed E-state index contributed by atoms with van der Waals surface area (Å²) < 4.78 is 18.2. The molecule has 1 aromatic heterocycles. The third kappa shape index (κ3) is 4.98. The molecule has 1 aromatic carbocycles. The zero-order valence-electron chi connectivity index (χ0n) is 18.4. The molecular weight excluding hydrogens is 396 g/mol. The van der Waals surface area contributed by atoms with E-state index in [0.29, 0.717) is 0 Å². The Morgan fingerprint density at radius 3 is 2.57 bits per heavy atom. The minimum absolute atomic E-state index is 0.0261. The molecule has 2 unspecified atom stereocenters. The molecule has 0 fully saturated rings. The van der Waals surface area contributed by atoms with E-state index in [4.69, 9.17) is 0 Å². The third-order valence-corrected chi connectivity index (χ3v) is 7.88. The van der Waals surface area contributed by atoms with Crippen molar-refractivity contribution >= 4 is 21.5 Å². The number of carboxylic acids is 1. The second-order valence-corrected chi connectivity index (χ2v) is 10.5. The predicted molar refractivity (Wildman–Crippen MR) is 124 cm³/mol. The summed E-state index contributed by atoms with van der Waals surface area (Å²) in [4.78, 5) is 12.1. The van der Waals surface area contributed by atoms with Crippen LogP contribution in [0.5, 0.6) is 0 Å². The fourth-order valence-electron chi connectivity index (χ4n) is 4.60. The molecular formula is C24H34N2O3S. The molecule has 1 aliphatic carbocycles. The number of aromatic nitrogens is 1. The van der Waals surface area contributed by atoms with Crippen LogP contribution in [0.1, 0.15) is 67.6 Å². The fraction of sp³-hybridized carbons (Fsp3) is 0.500. The van der Waals surface area contributed by atoms with E-state index in [1.807, 2.05) is 42.7 Å². The van der Waals surface area contributed by atoms with Gasteiger partial charge < -0.3 is 9.67 Å². The van der Waals surface area contributed by atoms with Crippen molar-refractivity contribution < 1.29 is 14.1 Å². The van der Waals surface area contributed by atoms with Crippen molar-refractivity contribution in [2.75, 3.05) is 0 Å². The SMILES string of the molecule is C=S(=O)(NC(C)CCC)c1ccc(Cc2c3c(n(CC(=O)O)c2C)CCCC3)cc1. The van der Waals surface area contributed by atoms with E-state index in [0.717, 1.165) is 61.1 Å².